The second-order valence-corrected chi connectivity index (χ2v) is 13.9. The molecular weight excluding hydrogens is 566 g/mol. The molecule has 42 heavy (non-hydrogen) atoms. The Morgan fingerprint density at radius 1 is 1.00 bits per heavy atom. The van der Waals surface area contributed by atoms with E-state index in [4.69, 9.17) is 10.1 Å². The molecule has 1 aliphatic carbocycles. The van der Waals surface area contributed by atoms with Gasteiger partial charge in [0, 0.05) is 59.2 Å². The van der Waals surface area contributed by atoms with Crippen molar-refractivity contribution >= 4 is 38.8 Å². The summed E-state index contributed by atoms with van der Waals surface area (Å²) >= 11 is 0. The molecule has 228 valence electrons. The Kier molecular flexibility index (Phi) is 7.55. The van der Waals surface area contributed by atoms with Crippen molar-refractivity contribution in [3.63, 3.8) is 0 Å². The monoisotopic (exact) mass is 604 g/mol. The number of carbonyl (C=O) groups excluding carboxylic acids is 1. The molecule has 3 N–H and O–H groups in total. The SMILES string of the molecule is CN1CCc2cc(C(=O)Nc3ccc(S(=O)(=O)NCCO)cc3N3CCC4(CC3)CC4)nc(N3CCC(F)(F)CC3)c21. The summed E-state index contributed by atoms with van der Waals surface area (Å²) in [5, 5.41) is 12.1. The fourth-order valence-corrected chi connectivity index (χ4v) is 7.40. The van der Waals surface area contributed by atoms with Gasteiger partial charge in [0.1, 0.15) is 5.69 Å². The number of nitrogens with zero attached hydrogens (tertiary/aromatic N) is 4. The lowest BCUT2D eigenvalue weighted by atomic mass is 9.93. The zero-order valence-electron chi connectivity index (χ0n) is 23.8. The van der Waals surface area contributed by atoms with Crippen LogP contribution in [0.15, 0.2) is 29.2 Å². The number of rotatable bonds is 8. The van der Waals surface area contributed by atoms with E-state index in [-0.39, 0.29) is 49.7 Å². The maximum atomic E-state index is 13.9. The molecule has 2 aromatic rings. The number of piperidine rings is 2. The zero-order valence-corrected chi connectivity index (χ0v) is 24.7. The number of aliphatic hydroxyl groups is 1. The van der Waals surface area contributed by atoms with E-state index in [0.717, 1.165) is 50.1 Å². The molecule has 4 heterocycles. The Morgan fingerprint density at radius 3 is 2.36 bits per heavy atom. The van der Waals surface area contributed by atoms with E-state index in [1.807, 2.05) is 11.9 Å². The highest BCUT2D eigenvalue weighted by Gasteiger charge is 2.44. The van der Waals surface area contributed by atoms with Crippen LogP contribution in [0.1, 0.15) is 54.6 Å². The van der Waals surface area contributed by atoms with Crippen LogP contribution in [0.3, 0.4) is 0 Å². The predicted molar refractivity (Wildman–Crippen MR) is 157 cm³/mol. The number of hydrogen-bond acceptors (Lipinski definition) is 8. The molecule has 1 amide bonds. The lowest BCUT2D eigenvalue weighted by Gasteiger charge is -2.35. The molecule has 6 rings (SSSR count). The average molecular weight is 605 g/mol. The van der Waals surface area contributed by atoms with Gasteiger partial charge in [-0.25, -0.2) is 26.9 Å². The first-order chi connectivity index (χ1) is 20.0. The number of amides is 1. The van der Waals surface area contributed by atoms with Crippen molar-refractivity contribution < 1.29 is 27.1 Å². The van der Waals surface area contributed by atoms with Gasteiger partial charge in [-0.1, -0.05) is 0 Å². The number of hydrogen-bond donors (Lipinski definition) is 3. The Morgan fingerprint density at radius 2 is 1.69 bits per heavy atom. The fourth-order valence-electron chi connectivity index (χ4n) is 6.36. The van der Waals surface area contributed by atoms with Crippen LogP contribution >= 0.6 is 0 Å². The van der Waals surface area contributed by atoms with Crippen LogP contribution in [-0.2, 0) is 16.4 Å². The highest BCUT2D eigenvalue weighted by atomic mass is 32.2. The van der Waals surface area contributed by atoms with Crippen LogP contribution in [0, 0.1) is 5.41 Å². The van der Waals surface area contributed by atoms with Crippen LogP contribution in [0.5, 0.6) is 0 Å². The van der Waals surface area contributed by atoms with E-state index in [1.54, 1.807) is 18.2 Å². The summed E-state index contributed by atoms with van der Waals surface area (Å²) in [5.74, 6) is -2.59. The average Bonchev–Trinajstić information content (AvgIpc) is 3.62. The molecule has 1 aromatic heterocycles. The first-order valence-corrected chi connectivity index (χ1v) is 16.2. The highest BCUT2D eigenvalue weighted by Crippen LogP contribution is 2.54. The second kappa shape index (κ2) is 10.9. The molecule has 1 saturated carbocycles. The Hall–Kier alpha value is -3.03. The van der Waals surface area contributed by atoms with Crippen LogP contribution in [0.25, 0.3) is 0 Å². The van der Waals surface area contributed by atoms with Gasteiger partial charge in [0.25, 0.3) is 11.8 Å². The molecule has 13 heteroatoms. The fraction of sp³-hybridized carbons (Fsp3) is 0.586. The number of carbonyl (C=O) groups is 1. The minimum absolute atomic E-state index is 0.0542. The van der Waals surface area contributed by atoms with E-state index >= 15 is 0 Å². The van der Waals surface area contributed by atoms with Crippen molar-refractivity contribution in [2.24, 2.45) is 5.41 Å². The number of benzene rings is 1. The van der Waals surface area contributed by atoms with Gasteiger partial charge in [-0.05, 0) is 67.3 Å². The summed E-state index contributed by atoms with van der Waals surface area (Å²) < 4.78 is 55.9. The van der Waals surface area contributed by atoms with Crippen molar-refractivity contribution in [3.05, 3.63) is 35.5 Å². The lowest BCUT2D eigenvalue weighted by Crippen LogP contribution is -2.40. The minimum atomic E-state index is -3.86. The molecule has 0 atom stereocenters. The standard InChI is InChI=1S/C29H38F2N6O4S/c1-35-12-4-20-18-23(33-26(25(20)35)37-15-9-29(30,31)10-16-37)27(39)34-22-3-2-21(42(40,41)32-11-17-38)19-24(22)36-13-7-28(5-6-28)8-14-36/h2-3,18-19,32,38H,4-17H2,1H3,(H,34,39). The largest absolute Gasteiger partial charge is 0.395 e. The number of aliphatic hydroxyl groups excluding tert-OH is 1. The van der Waals surface area contributed by atoms with Gasteiger partial charge >= 0.3 is 0 Å². The van der Waals surface area contributed by atoms with E-state index in [1.165, 1.54) is 18.9 Å². The van der Waals surface area contributed by atoms with Crippen molar-refractivity contribution in [3.8, 4) is 0 Å². The van der Waals surface area contributed by atoms with Gasteiger partial charge < -0.3 is 25.1 Å². The molecule has 0 unspecified atom stereocenters. The van der Waals surface area contributed by atoms with Gasteiger partial charge in [0.15, 0.2) is 5.82 Å². The third-order valence-electron chi connectivity index (χ3n) is 9.23. The second-order valence-electron chi connectivity index (χ2n) is 12.1. The summed E-state index contributed by atoms with van der Waals surface area (Å²) in [5.41, 5.74) is 3.52. The molecule has 1 aromatic carbocycles. The quantitative estimate of drug-likeness (QED) is 0.421. The first kappa shape index (κ1) is 29.1. The highest BCUT2D eigenvalue weighted by molar-refractivity contribution is 7.89. The number of fused-ring (bicyclic) bond motifs is 1. The summed E-state index contributed by atoms with van der Waals surface area (Å²) in [6.45, 7) is 2.16. The number of aromatic nitrogens is 1. The molecule has 0 bridgehead atoms. The number of sulfonamides is 1. The summed E-state index contributed by atoms with van der Waals surface area (Å²) in [6, 6.07) is 6.38. The smallest absolute Gasteiger partial charge is 0.274 e. The molecule has 3 fully saturated rings. The maximum Gasteiger partial charge on any atom is 0.274 e. The van der Waals surface area contributed by atoms with Crippen LogP contribution in [0.2, 0.25) is 0 Å². The molecule has 0 radical (unpaired) electrons. The summed E-state index contributed by atoms with van der Waals surface area (Å²) in [4.78, 5) is 24.5. The number of halogens is 2. The zero-order chi connectivity index (χ0) is 29.7. The number of nitrogens with one attached hydrogen (secondary N) is 2. The number of anilines is 4. The first-order valence-electron chi connectivity index (χ1n) is 14.7. The molecule has 10 nitrogen and oxygen atoms in total. The number of alkyl halides is 2. The van der Waals surface area contributed by atoms with E-state index < -0.39 is 21.9 Å². The van der Waals surface area contributed by atoms with Gasteiger partial charge in [0.2, 0.25) is 10.0 Å². The van der Waals surface area contributed by atoms with E-state index in [2.05, 4.69) is 19.8 Å². The van der Waals surface area contributed by atoms with Gasteiger partial charge in [0.05, 0.1) is 28.6 Å². The van der Waals surface area contributed by atoms with Crippen molar-refractivity contribution in [2.45, 2.75) is 55.8 Å². The lowest BCUT2D eigenvalue weighted by molar-refractivity contribution is -0.0221. The van der Waals surface area contributed by atoms with Gasteiger partial charge in [-0.2, -0.15) is 0 Å². The van der Waals surface area contributed by atoms with E-state index in [9.17, 15) is 22.0 Å². The van der Waals surface area contributed by atoms with Crippen LogP contribution < -0.4 is 24.7 Å². The molecule has 1 spiro atoms. The summed E-state index contributed by atoms with van der Waals surface area (Å²) in [7, 11) is -1.91. The van der Waals surface area contributed by atoms with Crippen LogP contribution in [-0.4, -0.2) is 83.3 Å². The van der Waals surface area contributed by atoms with Gasteiger partial charge in [-0.3, -0.25) is 4.79 Å². The topological polar surface area (TPSA) is 118 Å². The molecule has 2 saturated heterocycles. The number of pyridine rings is 1. The molecule has 3 aliphatic heterocycles. The number of likely N-dealkylation sites (N-methyl/N-ethyl adjacent to an activating group) is 1. The maximum absolute atomic E-state index is 13.9. The van der Waals surface area contributed by atoms with Gasteiger partial charge in [-0.15, -0.1) is 0 Å². The van der Waals surface area contributed by atoms with Crippen molar-refractivity contribution in [2.75, 3.05) is 72.9 Å². The summed E-state index contributed by atoms with van der Waals surface area (Å²) in [6.07, 6.45) is 4.68. The molecular formula is C29H38F2N6O4S. The molecule has 4 aliphatic rings. The van der Waals surface area contributed by atoms with Crippen molar-refractivity contribution in [1.82, 2.24) is 9.71 Å². The Labute approximate surface area is 245 Å². The van der Waals surface area contributed by atoms with Crippen molar-refractivity contribution in [1.29, 1.82) is 0 Å². The van der Waals surface area contributed by atoms with E-state index in [0.29, 0.717) is 22.6 Å². The normalized spacial score (nSPS) is 21.0. The predicted octanol–water partition coefficient (Wildman–Crippen LogP) is 3.21. The third kappa shape index (κ3) is 5.78. The Bertz CT molecular complexity index is 1460. The Balaban J connectivity index is 1.30. The third-order valence-corrected chi connectivity index (χ3v) is 10.7. The van der Waals surface area contributed by atoms with Crippen LogP contribution in [0.4, 0.5) is 31.7 Å². The minimum Gasteiger partial charge on any atom is -0.395 e.